The van der Waals surface area contributed by atoms with Gasteiger partial charge in [-0.15, -0.1) is 0 Å². The standard InChI is InChI=1S/C9H17NS/c1-8(7-10-2)6-9-4-3-5-11-9/h9-10H,1,3-7H2,2H3. The Kier molecular flexibility index (Phi) is 4.02. The van der Waals surface area contributed by atoms with Crippen LogP contribution in [0.15, 0.2) is 12.2 Å². The van der Waals surface area contributed by atoms with Crippen LogP contribution in [0.25, 0.3) is 0 Å². The van der Waals surface area contributed by atoms with Crippen molar-refractivity contribution >= 4 is 11.8 Å². The zero-order valence-corrected chi connectivity index (χ0v) is 8.04. The Labute approximate surface area is 73.6 Å². The number of rotatable bonds is 4. The Morgan fingerprint density at radius 1 is 1.73 bits per heavy atom. The molecule has 1 heterocycles. The Balaban J connectivity index is 2.13. The molecule has 1 unspecified atom stereocenters. The highest BCUT2D eigenvalue weighted by Gasteiger charge is 2.15. The summed E-state index contributed by atoms with van der Waals surface area (Å²) in [6, 6.07) is 0. The first-order valence-electron chi connectivity index (χ1n) is 4.26. The van der Waals surface area contributed by atoms with Crippen molar-refractivity contribution in [2.75, 3.05) is 19.3 Å². The lowest BCUT2D eigenvalue weighted by Crippen LogP contribution is -2.12. The van der Waals surface area contributed by atoms with Crippen molar-refractivity contribution < 1.29 is 0 Å². The van der Waals surface area contributed by atoms with Crippen molar-refractivity contribution in [1.29, 1.82) is 0 Å². The summed E-state index contributed by atoms with van der Waals surface area (Å²) in [5.41, 5.74) is 1.35. The van der Waals surface area contributed by atoms with Crippen LogP contribution in [0.2, 0.25) is 0 Å². The molecule has 0 aliphatic carbocycles. The number of nitrogens with one attached hydrogen (secondary N) is 1. The molecule has 0 radical (unpaired) electrons. The van der Waals surface area contributed by atoms with E-state index in [4.69, 9.17) is 0 Å². The molecule has 0 saturated carbocycles. The minimum Gasteiger partial charge on any atom is -0.316 e. The number of likely N-dealkylation sites (N-methyl/N-ethyl adjacent to an activating group) is 1. The lowest BCUT2D eigenvalue weighted by Gasteiger charge is -2.09. The minimum absolute atomic E-state index is 0.871. The van der Waals surface area contributed by atoms with E-state index in [1.165, 1.54) is 30.6 Å². The van der Waals surface area contributed by atoms with Crippen LogP contribution in [-0.2, 0) is 0 Å². The highest BCUT2D eigenvalue weighted by Crippen LogP contribution is 2.30. The van der Waals surface area contributed by atoms with E-state index < -0.39 is 0 Å². The third-order valence-electron chi connectivity index (χ3n) is 1.97. The molecule has 2 heteroatoms. The van der Waals surface area contributed by atoms with Gasteiger partial charge in [0.2, 0.25) is 0 Å². The van der Waals surface area contributed by atoms with Gasteiger partial charge >= 0.3 is 0 Å². The van der Waals surface area contributed by atoms with E-state index in [0.29, 0.717) is 0 Å². The molecule has 0 aromatic heterocycles. The van der Waals surface area contributed by atoms with Crippen molar-refractivity contribution in [3.63, 3.8) is 0 Å². The summed E-state index contributed by atoms with van der Waals surface area (Å²) in [7, 11) is 1.98. The van der Waals surface area contributed by atoms with Crippen LogP contribution in [0.1, 0.15) is 19.3 Å². The zero-order chi connectivity index (χ0) is 8.10. The normalized spacial score (nSPS) is 23.9. The highest BCUT2D eigenvalue weighted by atomic mass is 32.2. The average Bonchev–Trinajstić information content (AvgIpc) is 2.40. The first kappa shape index (κ1) is 9.14. The summed E-state index contributed by atoms with van der Waals surface area (Å²) >= 11 is 2.11. The number of thioether (sulfide) groups is 1. The van der Waals surface area contributed by atoms with Crippen LogP contribution in [0.4, 0.5) is 0 Å². The second-order valence-electron chi connectivity index (χ2n) is 3.12. The van der Waals surface area contributed by atoms with Gasteiger partial charge in [0.05, 0.1) is 0 Å². The van der Waals surface area contributed by atoms with Crippen LogP contribution in [-0.4, -0.2) is 24.6 Å². The molecule has 1 fully saturated rings. The molecule has 1 rings (SSSR count). The predicted molar refractivity (Wildman–Crippen MR) is 53.2 cm³/mol. The molecule has 1 atom stereocenters. The van der Waals surface area contributed by atoms with Gasteiger partial charge in [-0.2, -0.15) is 11.8 Å². The van der Waals surface area contributed by atoms with Gasteiger partial charge < -0.3 is 5.32 Å². The van der Waals surface area contributed by atoms with Crippen molar-refractivity contribution in [2.24, 2.45) is 0 Å². The monoisotopic (exact) mass is 171 g/mol. The topological polar surface area (TPSA) is 12.0 Å². The smallest absolute Gasteiger partial charge is 0.0159 e. The van der Waals surface area contributed by atoms with Crippen molar-refractivity contribution in [1.82, 2.24) is 5.32 Å². The fourth-order valence-corrected chi connectivity index (χ4v) is 2.80. The molecule has 11 heavy (non-hydrogen) atoms. The molecular formula is C9H17NS. The Morgan fingerprint density at radius 2 is 2.55 bits per heavy atom. The maximum absolute atomic E-state index is 4.03. The molecular weight excluding hydrogens is 154 g/mol. The number of hydrogen-bond acceptors (Lipinski definition) is 2. The summed E-state index contributed by atoms with van der Waals surface area (Å²) < 4.78 is 0. The van der Waals surface area contributed by atoms with Gasteiger partial charge in [-0.05, 0) is 32.1 Å². The Morgan fingerprint density at radius 3 is 3.09 bits per heavy atom. The van der Waals surface area contributed by atoms with E-state index in [0.717, 1.165) is 11.8 Å². The summed E-state index contributed by atoms with van der Waals surface area (Å²) in [4.78, 5) is 0. The van der Waals surface area contributed by atoms with E-state index in [9.17, 15) is 0 Å². The molecule has 1 aliphatic heterocycles. The van der Waals surface area contributed by atoms with Gasteiger partial charge in [0, 0.05) is 11.8 Å². The third-order valence-corrected chi connectivity index (χ3v) is 3.37. The lowest BCUT2D eigenvalue weighted by atomic mass is 10.1. The van der Waals surface area contributed by atoms with Gasteiger partial charge in [-0.25, -0.2) is 0 Å². The fourth-order valence-electron chi connectivity index (χ4n) is 1.45. The van der Waals surface area contributed by atoms with E-state index in [-0.39, 0.29) is 0 Å². The highest BCUT2D eigenvalue weighted by molar-refractivity contribution is 8.00. The quantitative estimate of drug-likeness (QED) is 0.650. The third kappa shape index (κ3) is 3.30. The summed E-state index contributed by atoms with van der Waals surface area (Å²) in [6.45, 7) is 5.02. The van der Waals surface area contributed by atoms with Gasteiger partial charge in [-0.1, -0.05) is 12.2 Å². The van der Waals surface area contributed by atoms with Gasteiger partial charge in [0.15, 0.2) is 0 Å². The summed E-state index contributed by atoms with van der Waals surface area (Å²) in [5, 5.41) is 4.00. The molecule has 0 amide bonds. The molecule has 1 N–H and O–H groups in total. The molecule has 1 nitrogen and oxygen atoms in total. The Hall–Kier alpha value is 0.0500. The first-order chi connectivity index (χ1) is 5.33. The minimum atomic E-state index is 0.871. The lowest BCUT2D eigenvalue weighted by molar-refractivity contribution is 0.742. The maximum Gasteiger partial charge on any atom is 0.0159 e. The maximum atomic E-state index is 4.03. The van der Waals surface area contributed by atoms with E-state index >= 15 is 0 Å². The van der Waals surface area contributed by atoms with Gasteiger partial charge in [0.1, 0.15) is 0 Å². The Bertz CT molecular complexity index is 128. The molecule has 0 aromatic carbocycles. The molecule has 0 aromatic rings. The summed E-state index contributed by atoms with van der Waals surface area (Å²) in [6.07, 6.45) is 4.01. The average molecular weight is 171 g/mol. The first-order valence-corrected chi connectivity index (χ1v) is 5.30. The van der Waals surface area contributed by atoms with Crippen LogP contribution >= 0.6 is 11.8 Å². The van der Waals surface area contributed by atoms with Crippen LogP contribution in [0, 0.1) is 0 Å². The second-order valence-corrected chi connectivity index (χ2v) is 4.53. The van der Waals surface area contributed by atoms with Gasteiger partial charge in [0.25, 0.3) is 0 Å². The van der Waals surface area contributed by atoms with Crippen molar-refractivity contribution in [2.45, 2.75) is 24.5 Å². The van der Waals surface area contributed by atoms with Crippen LogP contribution in [0.3, 0.4) is 0 Å². The summed E-state index contributed by atoms with van der Waals surface area (Å²) in [5.74, 6) is 1.36. The molecule has 0 bridgehead atoms. The molecule has 64 valence electrons. The zero-order valence-electron chi connectivity index (χ0n) is 7.23. The molecule has 1 aliphatic rings. The molecule has 0 spiro atoms. The molecule has 1 saturated heterocycles. The predicted octanol–water partition coefficient (Wildman–Crippen LogP) is 2.05. The van der Waals surface area contributed by atoms with Crippen LogP contribution in [0.5, 0.6) is 0 Å². The SMILES string of the molecule is C=C(CNC)CC1CCCS1. The number of hydrogen-bond donors (Lipinski definition) is 1. The largest absolute Gasteiger partial charge is 0.316 e. The van der Waals surface area contributed by atoms with E-state index in [1.807, 2.05) is 7.05 Å². The van der Waals surface area contributed by atoms with Crippen LogP contribution < -0.4 is 5.32 Å². The van der Waals surface area contributed by atoms with E-state index in [2.05, 4.69) is 23.7 Å². The fraction of sp³-hybridized carbons (Fsp3) is 0.778. The van der Waals surface area contributed by atoms with Gasteiger partial charge in [-0.3, -0.25) is 0 Å². The van der Waals surface area contributed by atoms with Crippen molar-refractivity contribution in [3.05, 3.63) is 12.2 Å². The van der Waals surface area contributed by atoms with Crippen molar-refractivity contribution in [3.8, 4) is 0 Å². The van der Waals surface area contributed by atoms with E-state index in [1.54, 1.807) is 0 Å². The second kappa shape index (κ2) is 4.83.